The van der Waals surface area contributed by atoms with Crippen molar-refractivity contribution in [3.05, 3.63) is 50.5 Å². The minimum Gasteiger partial charge on any atom is -0.273 e. The SMILES string of the molecule is CC1(C)[C@H](C=C(Cl)Cl)[C@@H]1C(=O)N/N=C\c1cccc([N+](=O)[O-])c1. The van der Waals surface area contributed by atoms with Crippen LogP contribution >= 0.6 is 23.2 Å². The highest BCUT2D eigenvalue weighted by Crippen LogP contribution is 2.59. The summed E-state index contributed by atoms with van der Waals surface area (Å²) < 4.78 is 0.137. The van der Waals surface area contributed by atoms with Gasteiger partial charge in [-0.2, -0.15) is 5.10 Å². The summed E-state index contributed by atoms with van der Waals surface area (Å²) in [4.78, 5) is 22.3. The number of nitro benzene ring substituents is 1. The van der Waals surface area contributed by atoms with Crippen LogP contribution < -0.4 is 5.43 Å². The standard InChI is InChI=1S/C15H15Cl2N3O3/c1-15(2)11(7-12(16)17)13(15)14(21)19-18-8-9-4-3-5-10(6-9)20(22)23/h3-8,11,13H,1-2H3,(H,19,21)/b18-8-/t11-,13-/m1/s1. The Morgan fingerprint density at radius 1 is 1.43 bits per heavy atom. The van der Waals surface area contributed by atoms with Gasteiger partial charge in [0.25, 0.3) is 5.69 Å². The molecule has 0 heterocycles. The Balaban J connectivity index is 1.99. The van der Waals surface area contributed by atoms with Crippen LogP contribution in [0.15, 0.2) is 39.9 Å². The van der Waals surface area contributed by atoms with Crippen LogP contribution in [0.5, 0.6) is 0 Å². The van der Waals surface area contributed by atoms with Gasteiger partial charge in [0, 0.05) is 17.7 Å². The number of halogens is 2. The lowest BCUT2D eigenvalue weighted by atomic mass is 10.1. The van der Waals surface area contributed by atoms with Gasteiger partial charge in [0.2, 0.25) is 5.91 Å². The topological polar surface area (TPSA) is 84.6 Å². The molecule has 1 N–H and O–H groups in total. The Hall–Kier alpha value is -1.92. The van der Waals surface area contributed by atoms with E-state index >= 15 is 0 Å². The van der Waals surface area contributed by atoms with Gasteiger partial charge in [-0.1, -0.05) is 49.2 Å². The van der Waals surface area contributed by atoms with E-state index in [1.165, 1.54) is 18.3 Å². The van der Waals surface area contributed by atoms with Crippen LogP contribution in [-0.4, -0.2) is 17.0 Å². The first-order chi connectivity index (χ1) is 10.7. The number of rotatable bonds is 5. The summed E-state index contributed by atoms with van der Waals surface area (Å²) in [7, 11) is 0. The van der Waals surface area contributed by atoms with Crippen LogP contribution in [-0.2, 0) is 4.79 Å². The number of non-ortho nitro benzene ring substituents is 1. The normalized spacial score (nSPS) is 21.7. The maximum atomic E-state index is 12.1. The Morgan fingerprint density at radius 2 is 2.13 bits per heavy atom. The highest BCUT2D eigenvalue weighted by molar-refractivity contribution is 6.55. The van der Waals surface area contributed by atoms with E-state index in [9.17, 15) is 14.9 Å². The molecule has 6 nitrogen and oxygen atoms in total. The number of carbonyl (C=O) groups excluding carboxylic acids is 1. The zero-order valence-electron chi connectivity index (χ0n) is 12.5. The van der Waals surface area contributed by atoms with E-state index in [2.05, 4.69) is 10.5 Å². The molecular weight excluding hydrogens is 341 g/mol. The van der Waals surface area contributed by atoms with Gasteiger partial charge >= 0.3 is 0 Å². The Morgan fingerprint density at radius 3 is 2.74 bits per heavy atom. The van der Waals surface area contributed by atoms with E-state index in [0.717, 1.165) is 0 Å². The summed E-state index contributed by atoms with van der Waals surface area (Å²) in [6.07, 6.45) is 3.01. The van der Waals surface area contributed by atoms with Crippen LogP contribution in [0.25, 0.3) is 0 Å². The number of hydrogen-bond acceptors (Lipinski definition) is 4. The molecule has 1 aliphatic rings. The largest absolute Gasteiger partial charge is 0.273 e. The van der Waals surface area contributed by atoms with Crippen molar-refractivity contribution in [2.75, 3.05) is 0 Å². The minimum atomic E-state index is -0.491. The molecule has 1 aromatic rings. The van der Waals surface area contributed by atoms with Gasteiger partial charge in [-0.15, -0.1) is 0 Å². The van der Waals surface area contributed by atoms with Gasteiger partial charge in [-0.05, 0) is 17.4 Å². The van der Waals surface area contributed by atoms with Crippen molar-refractivity contribution in [2.24, 2.45) is 22.4 Å². The average Bonchev–Trinajstić information content (AvgIpc) is 2.99. The monoisotopic (exact) mass is 355 g/mol. The quantitative estimate of drug-likeness (QED) is 0.497. The van der Waals surface area contributed by atoms with Crippen LogP contribution in [0.2, 0.25) is 0 Å². The van der Waals surface area contributed by atoms with E-state index < -0.39 is 4.92 Å². The molecule has 0 aromatic heterocycles. The molecule has 1 saturated carbocycles. The van der Waals surface area contributed by atoms with E-state index in [0.29, 0.717) is 5.56 Å². The zero-order valence-corrected chi connectivity index (χ0v) is 14.0. The highest BCUT2D eigenvalue weighted by Gasteiger charge is 2.60. The number of hydrogen-bond donors (Lipinski definition) is 1. The smallest absolute Gasteiger partial charge is 0.270 e. The molecule has 1 fully saturated rings. The first-order valence-electron chi connectivity index (χ1n) is 6.83. The molecule has 1 aliphatic carbocycles. The predicted octanol–water partition coefficient (Wildman–Crippen LogP) is 3.64. The molecule has 0 saturated heterocycles. The number of amides is 1. The van der Waals surface area contributed by atoms with Crippen LogP contribution in [0.1, 0.15) is 19.4 Å². The van der Waals surface area contributed by atoms with Crippen molar-refractivity contribution in [1.82, 2.24) is 5.43 Å². The number of benzene rings is 1. The third kappa shape index (κ3) is 4.09. The van der Waals surface area contributed by atoms with Crippen LogP contribution in [0.4, 0.5) is 5.69 Å². The summed E-state index contributed by atoms with van der Waals surface area (Å²) in [6, 6.07) is 5.96. The molecule has 0 bridgehead atoms. The Labute approximate surface area is 143 Å². The second-order valence-electron chi connectivity index (χ2n) is 5.87. The summed E-state index contributed by atoms with van der Waals surface area (Å²) in [5, 5.41) is 14.5. The molecule has 1 aromatic carbocycles. The van der Waals surface area contributed by atoms with Gasteiger partial charge < -0.3 is 0 Å². The number of hydrazone groups is 1. The van der Waals surface area contributed by atoms with E-state index in [4.69, 9.17) is 23.2 Å². The number of allylic oxidation sites excluding steroid dienone is 1. The number of nitrogens with one attached hydrogen (secondary N) is 1. The fourth-order valence-corrected chi connectivity index (χ4v) is 2.86. The molecule has 122 valence electrons. The second-order valence-corrected chi connectivity index (χ2v) is 6.88. The fraction of sp³-hybridized carbons (Fsp3) is 0.333. The molecule has 0 spiro atoms. The third-order valence-corrected chi connectivity index (χ3v) is 4.22. The number of nitrogens with zero attached hydrogens (tertiary/aromatic N) is 2. The number of nitro groups is 1. The first kappa shape index (κ1) is 17.4. The summed E-state index contributed by atoms with van der Waals surface area (Å²) in [5.41, 5.74) is 2.70. The fourth-order valence-electron chi connectivity index (χ4n) is 2.58. The molecule has 0 radical (unpaired) electrons. The van der Waals surface area contributed by atoms with Crippen LogP contribution in [0, 0.1) is 27.4 Å². The number of carbonyl (C=O) groups is 1. The molecule has 8 heteroatoms. The highest BCUT2D eigenvalue weighted by atomic mass is 35.5. The lowest BCUT2D eigenvalue weighted by Gasteiger charge is -2.01. The average molecular weight is 356 g/mol. The van der Waals surface area contributed by atoms with Gasteiger partial charge in [0.1, 0.15) is 4.49 Å². The summed E-state index contributed by atoms with van der Waals surface area (Å²) >= 11 is 11.3. The summed E-state index contributed by atoms with van der Waals surface area (Å²) in [5.74, 6) is -0.551. The van der Waals surface area contributed by atoms with Crippen molar-refractivity contribution < 1.29 is 9.72 Å². The molecule has 23 heavy (non-hydrogen) atoms. The predicted molar refractivity (Wildman–Crippen MR) is 89.4 cm³/mol. The van der Waals surface area contributed by atoms with Gasteiger partial charge in [-0.25, -0.2) is 5.43 Å². The molecule has 0 unspecified atom stereocenters. The van der Waals surface area contributed by atoms with Crippen molar-refractivity contribution >= 4 is 41.0 Å². The molecule has 2 rings (SSSR count). The van der Waals surface area contributed by atoms with Crippen molar-refractivity contribution in [3.8, 4) is 0 Å². The molecule has 1 amide bonds. The van der Waals surface area contributed by atoms with Gasteiger partial charge in [-0.3, -0.25) is 14.9 Å². The van der Waals surface area contributed by atoms with Crippen molar-refractivity contribution in [1.29, 1.82) is 0 Å². The molecular formula is C15H15Cl2N3O3. The maximum Gasteiger partial charge on any atom is 0.270 e. The lowest BCUT2D eigenvalue weighted by Crippen LogP contribution is -2.21. The Kier molecular flexibility index (Phi) is 5.06. The first-order valence-corrected chi connectivity index (χ1v) is 7.59. The Bertz CT molecular complexity index is 697. The minimum absolute atomic E-state index is 0.0365. The van der Waals surface area contributed by atoms with E-state index in [-0.39, 0.29) is 33.3 Å². The lowest BCUT2D eigenvalue weighted by molar-refractivity contribution is -0.384. The maximum absolute atomic E-state index is 12.1. The van der Waals surface area contributed by atoms with Gasteiger partial charge in [0.15, 0.2) is 0 Å². The van der Waals surface area contributed by atoms with Crippen molar-refractivity contribution in [3.63, 3.8) is 0 Å². The molecule has 2 atom stereocenters. The zero-order chi connectivity index (χ0) is 17.2. The van der Waals surface area contributed by atoms with Crippen LogP contribution in [0.3, 0.4) is 0 Å². The van der Waals surface area contributed by atoms with E-state index in [1.807, 2.05) is 13.8 Å². The second kappa shape index (κ2) is 6.68. The summed E-state index contributed by atoms with van der Waals surface area (Å²) in [6.45, 7) is 3.89. The molecule has 0 aliphatic heterocycles. The van der Waals surface area contributed by atoms with Gasteiger partial charge in [0.05, 0.1) is 17.1 Å². The third-order valence-electron chi connectivity index (χ3n) is 3.97. The van der Waals surface area contributed by atoms with Crippen molar-refractivity contribution in [2.45, 2.75) is 13.8 Å². The van der Waals surface area contributed by atoms with E-state index in [1.54, 1.807) is 18.2 Å².